The summed E-state index contributed by atoms with van der Waals surface area (Å²) < 4.78 is 6.55. The third kappa shape index (κ3) is 3.48. The van der Waals surface area contributed by atoms with Gasteiger partial charge in [-0.05, 0) is 29.3 Å². The number of carboxylic acids is 1. The molecule has 0 fully saturated rings. The second-order valence-corrected chi connectivity index (χ2v) is 6.32. The van der Waals surface area contributed by atoms with Gasteiger partial charge in [-0.25, -0.2) is 4.98 Å². The summed E-state index contributed by atoms with van der Waals surface area (Å²) in [6.45, 7) is 0. The molecule has 1 aromatic heterocycles. The van der Waals surface area contributed by atoms with E-state index in [2.05, 4.69) is 33.5 Å². The Labute approximate surface area is 146 Å². The first kappa shape index (κ1) is 15.8. The van der Waals surface area contributed by atoms with Crippen molar-refractivity contribution in [3.05, 3.63) is 65.1 Å². The van der Waals surface area contributed by atoms with Crippen LogP contribution < -0.4 is 0 Å². The lowest BCUT2D eigenvalue weighted by Gasteiger charge is -2.04. The Balaban J connectivity index is 1.94. The number of hydrogen-bond donors (Lipinski definition) is 2. The van der Waals surface area contributed by atoms with Gasteiger partial charge in [0.1, 0.15) is 0 Å². The number of aliphatic carboxylic acids is 1. The molecule has 0 saturated heterocycles. The van der Waals surface area contributed by atoms with Crippen LogP contribution in [0.4, 0.5) is 0 Å². The highest BCUT2D eigenvalue weighted by molar-refractivity contribution is 9.10. The second-order valence-electron chi connectivity index (χ2n) is 4.89. The molecule has 0 radical (unpaired) electrons. The molecule has 0 spiro atoms. The fraction of sp³-hybridized carbons (Fsp3) is 0.0588. The predicted molar refractivity (Wildman–Crippen MR) is 94.4 cm³/mol. The van der Waals surface area contributed by atoms with E-state index in [-0.39, 0.29) is 5.89 Å². The lowest BCUT2D eigenvalue weighted by atomic mass is 10.0. The number of halogens is 1. The van der Waals surface area contributed by atoms with Crippen molar-refractivity contribution in [1.29, 1.82) is 0 Å². The number of aromatic nitrogens is 1. The first-order valence-corrected chi connectivity index (χ1v) is 8.08. The number of rotatable bonds is 4. The zero-order chi connectivity index (χ0) is 16.4. The highest BCUT2D eigenvalue weighted by Gasteiger charge is 2.21. The van der Waals surface area contributed by atoms with Crippen LogP contribution in [0.25, 0.3) is 22.5 Å². The Morgan fingerprint density at radius 3 is 2.52 bits per heavy atom. The molecular formula is C17H12BrNO3S. The van der Waals surface area contributed by atoms with E-state index in [1.807, 2.05) is 48.5 Å². The Bertz CT molecular complexity index is 845. The molecule has 116 valence electrons. The molecule has 2 aromatic carbocycles. The molecule has 1 unspecified atom stereocenters. The van der Waals surface area contributed by atoms with E-state index in [4.69, 9.17) is 9.52 Å². The molecule has 3 aromatic rings. The molecule has 23 heavy (non-hydrogen) atoms. The van der Waals surface area contributed by atoms with Gasteiger partial charge >= 0.3 is 5.97 Å². The molecule has 0 aliphatic carbocycles. The van der Waals surface area contributed by atoms with Gasteiger partial charge in [-0.3, -0.25) is 4.79 Å². The molecular weight excluding hydrogens is 378 g/mol. The summed E-state index contributed by atoms with van der Waals surface area (Å²) in [5.41, 5.74) is 2.94. The van der Waals surface area contributed by atoms with E-state index in [1.54, 1.807) is 0 Å². The zero-order valence-electron chi connectivity index (χ0n) is 11.8. The van der Waals surface area contributed by atoms with E-state index in [9.17, 15) is 4.79 Å². The highest BCUT2D eigenvalue weighted by atomic mass is 79.9. The van der Waals surface area contributed by atoms with Crippen LogP contribution in [0.15, 0.2) is 63.6 Å². The summed E-state index contributed by atoms with van der Waals surface area (Å²) in [7, 11) is 0. The number of thiol groups is 1. The average molecular weight is 390 g/mol. The molecule has 4 nitrogen and oxygen atoms in total. The van der Waals surface area contributed by atoms with Gasteiger partial charge in [0.25, 0.3) is 0 Å². The molecule has 0 aliphatic heterocycles. The van der Waals surface area contributed by atoms with Crippen molar-refractivity contribution in [2.75, 3.05) is 0 Å². The minimum atomic E-state index is -1.09. The third-order valence-corrected chi connectivity index (χ3v) is 4.29. The molecule has 1 heterocycles. The van der Waals surface area contributed by atoms with E-state index < -0.39 is 11.2 Å². The quantitative estimate of drug-likeness (QED) is 0.627. The van der Waals surface area contributed by atoms with E-state index in [1.165, 1.54) is 6.20 Å². The van der Waals surface area contributed by atoms with E-state index >= 15 is 0 Å². The van der Waals surface area contributed by atoms with Crippen LogP contribution in [0.2, 0.25) is 0 Å². The number of carbonyl (C=O) groups is 1. The topological polar surface area (TPSA) is 63.3 Å². The molecule has 1 N–H and O–H groups in total. The van der Waals surface area contributed by atoms with E-state index in [0.717, 1.165) is 21.2 Å². The SMILES string of the molecule is O=C(O)C(S)c1ncc(-c2cccc(-c3ccc(Br)cc3)c2)o1. The summed E-state index contributed by atoms with van der Waals surface area (Å²) >= 11 is 7.39. The van der Waals surface area contributed by atoms with Gasteiger partial charge in [-0.2, -0.15) is 12.6 Å². The number of benzene rings is 2. The molecule has 0 saturated carbocycles. The Morgan fingerprint density at radius 1 is 1.13 bits per heavy atom. The van der Waals surface area contributed by atoms with Gasteiger partial charge < -0.3 is 9.52 Å². The van der Waals surface area contributed by atoms with Crippen LogP contribution in [-0.2, 0) is 4.79 Å². The van der Waals surface area contributed by atoms with Crippen molar-refractivity contribution in [2.24, 2.45) is 0 Å². The van der Waals surface area contributed by atoms with Crippen molar-refractivity contribution in [3.8, 4) is 22.5 Å². The standard InChI is InChI=1S/C17H12BrNO3S/c18-13-6-4-10(5-7-13)11-2-1-3-12(8-11)14-9-19-16(22-14)15(23)17(20)21/h1-9,15,23H,(H,20,21). The smallest absolute Gasteiger partial charge is 0.325 e. The van der Waals surface area contributed by atoms with Crippen LogP contribution in [0, 0.1) is 0 Å². The second kappa shape index (κ2) is 6.60. The number of hydrogen-bond acceptors (Lipinski definition) is 4. The summed E-state index contributed by atoms with van der Waals surface area (Å²) in [6, 6.07) is 15.8. The summed E-state index contributed by atoms with van der Waals surface area (Å²) in [4.78, 5) is 14.9. The number of carboxylic acid groups (broad SMARTS) is 1. The Hall–Kier alpha value is -2.05. The average Bonchev–Trinajstić information content (AvgIpc) is 3.05. The normalized spacial score (nSPS) is 12.1. The van der Waals surface area contributed by atoms with Gasteiger partial charge in [0.15, 0.2) is 11.0 Å². The van der Waals surface area contributed by atoms with Crippen molar-refractivity contribution < 1.29 is 14.3 Å². The fourth-order valence-corrected chi connectivity index (χ4v) is 2.53. The van der Waals surface area contributed by atoms with Crippen LogP contribution in [0.3, 0.4) is 0 Å². The molecule has 6 heteroatoms. The monoisotopic (exact) mass is 389 g/mol. The van der Waals surface area contributed by atoms with Crippen LogP contribution in [0.5, 0.6) is 0 Å². The van der Waals surface area contributed by atoms with Crippen molar-refractivity contribution in [3.63, 3.8) is 0 Å². The van der Waals surface area contributed by atoms with E-state index in [0.29, 0.717) is 5.76 Å². The first-order chi connectivity index (χ1) is 11.0. The third-order valence-electron chi connectivity index (χ3n) is 3.32. The minimum absolute atomic E-state index is 0.0740. The molecule has 0 amide bonds. The first-order valence-electron chi connectivity index (χ1n) is 6.77. The van der Waals surface area contributed by atoms with Crippen molar-refractivity contribution in [1.82, 2.24) is 4.98 Å². The lowest BCUT2D eigenvalue weighted by Crippen LogP contribution is -2.04. The van der Waals surface area contributed by atoms with Crippen LogP contribution in [-0.4, -0.2) is 16.1 Å². The summed E-state index contributed by atoms with van der Waals surface area (Å²) in [6.07, 6.45) is 1.52. The molecule has 0 bridgehead atoms. The number of oxazole rings is 1. The van der Waals surface area contributed by atoms with Gasteiger partial charge in [0.05, 0.1) is 6.20 Å². The Morgan fingerprint density at radius 2 is 1.83 bits per heavy atom. The summed E-state index contributed by atoms with van der Waals surface area (Å²) in [5.74, 6) is -0.505. The van der Waals surface area contributed by atoms with Gasteiger partial charge in [-0.1, -0.05) is 46.3 Å². The minimum Gasteiger partial charge on any atom is -0.480 e. The van der Waals surface area contributed by atoms with Gasteiger partial charge in [0, 0.05) is 10.0 Å². The van der Waals surface area contributed by atoms with Crippen LogP contribution in [0.1, 0.15) is 11.1 Å². The summed E-state index contributed by atoms with van der Waals surface area (Å²) in [5, 5.41) is 7.88. The highest BCUT2D eigenvalue weighted by Crippen LogP contribution is 2.29. The number of nitrogens with zero attached hydrogens (tertiary/aromatic N) is 1. The van der Waals surface area contributed by atoms with Gasteiger partial charge in [0.2, 0.25) is 5.89 Å². The maximum absolute atomic E-state index is 10.9. The van der Waals surface area contributed by atoms with Crippen molar-refractivity contribution in [2.45, 2.75) is 5.25 Å². The van der Waals surface area contributed by atoms with Crippen LogP contribution >= 0.6 is 28.6 Å². The maximum atomic E-state index is 10.9. The lowest BCUT2D eigenvalue weighted by molar-refractivity contribution is -0.136. The Kier molecular flexibility index (Phi) is 4.54. The zero-order valence-corrected chi connectivity index (χ0v) is 14.3. The molecule has 3 rings (SSSR count). The van der Waals surface area contributed by atoms with Gasteiger partial charge in [-0.15, -0.1) is 0 Å². The fourth-order valence-electron chi connectivity index (χ4n) is 2.15. The maximum Gasteiger partial charge on any atom is 0.325 e. The molecule has 1 atom stereocenters. The molecule has 0 aliphatic rings. The van der Waals surface area contributed by atoms with Crippen molar-refractivity contribution >= 4 is 34.5 Å². The predicted octanol–water partition coefficient (Wildman–Crippen LogP) is 4.83. The largest absolute Gasteiger partial charge is 0.480 e.